The molecule has 0 unspecified atom stereocenters. The van der Waals surface area contributed by atoms with Crippen LogP contribution in [0.2, 0.25) is 0 Å². The van der Waals surface area contributed by atoms with Crippen molar-refractivity contribution in [3.63, 3.8) is 0 Å². The van der Waals surface area contributed by atoms with E-state index in [-0.39, 0.29) is 6.10 Å². The number of hydrogen-bond donors (Lipinski definition) is 2. The number of nitrogens with one attached hydrogen (secondary N) is 1. The Morgan fingerprint density at radius 1 is 1.30 bits per heavy atom. The number of aryl methyl sites for hydroxylation is 1. The van der Waals surface area contributed by atoms with Crippen molar-refractivity contribution < 1.29 is 19.4 Å². The average molecular weight is 471 g/mol. The molecular weight excluding hydrogens is 444 g/mol. The molecule has 4 rings (SSSR count). The molecule has 0 radical (unpaired) electrons. The zero-order valence-electron chi connectivity index (χ0n) is 18.5. The number of esters is 1. The van der Waals surface area contributed by atoms with Gasteiger partial charge in [0.15, 0.2) is 5.13 Å². The lowest BCUT2D eigenvalue weighted by molar-refractivity contribution is 0.0531. The fourth-order valence-electron chi connectivity index (χ4n) is 3.37. The lowest BCUT2D eigenvalue weighted by Gasteiger charge is -2.30. The molecule has 1 saturated heterocycles. The number of aliphatic hydroxyl groups excluding tert-OH is 1. The maximum atomic E-state index is 12.1. The highest BCUT2D eigenvalue weighted by Gasteiger charge is 2.21. The largest absolute Gasteiger partial charge is 0.473 e. The van der Waals surface area contributed by atoms with Crippen LogP contribution in [0.25, 0.3) is 0 Å². The van der Waals surface area contributed by atoms with E-state index in [9.17, 15) is 9.90 Å². The van der Waals surface area contributed by atoms with Gasteiger partial charge in [-0.25, -0.2) is 9.78 Å². The van der Waals surface area contributed by atoms with E-state index >= 15 is 0 Å². The van der Waals surface area contributed by atoms with Gasteiger partial charge in [-0.1, -0.05) is 17.4 Å². The van der Waals surface area contributed by atoms with Crippen molar-refractivity contribution in [2.24, 2.45) is 0 Å². The maximum Gasteiger partial charge on any atom is 0.350 e. The van der Waals surface area contributed by atoms with Crippen molar-refractivity contribution in [3.05, 3.63) is 46.7 Å². The SMILES string of the molecule is CCOC(=O)c1sc(Nc2nc(OCc3cccnc3)cc(N3CCC(O)CC3)n2)nc1C. The van der Waals surface area contributed by atoms with Gasteiger partial charge in [0.1, 0.15) is 17.3 Å². The second-order valence-corrected chi connectivity index (χ2v) is 8.53. The Labute approximate surface area is 195 Å². The first kappa shape index (κ1) is 22.9. The standard InChI is InChI=1S/C22H26N6O4S/c1-3-31-20(30)19-14(2)24-22(33-19)27-21-25-17(28-9-6-16(29)7-10-28)11-18(26-21)32-13-15-5-4-8-23-12-15/h4-5,8,11-12,16,29H,3,6-7,9-10,13H2,1-2H3,(H,24,25,26,27). The van der Waals surface area contributed by atoms with Crippen molar-refractivity contribution in [2.45, 2.75) is 39.4 Å². The highest BCUT2D eigenvalue weighted by atomic mass is 32.1. The van der Waals surface area contributed by atoms with E-state index in [1.54, 1.807) is 32.3 Å². The predicted molar refractivity (Wildman–Crippen MR) is 124 cm³/mol. The molecule has 1 aliphatic heterocycles. The lowest BCUT2D eigenvalue weighted by atomic mass is 10.1. The van der Waals surface area contributed by atoms with Gasteiger partial charge in [0, 0.05) is 37.1 Å². The lowest BCUT2D eigenvalue weighted by Crippen LogP contribution is -2.36. The summed E-state index contributed by atoms with van der Waals surface area (Å²) in [7, 11) is 0. The van der Waals surface area contributed by atoms with E-state index in [2.05, 4.69) is 30.2 Å². The molecular formula is C22H26N6O4S. The van der Waals surface area contributed by atoms with Crippen LogP contribution in [-0.2, 0) is 11.3 Å². The number of hydrogen-bond acceptors (Lipinski definition) is 11. The Morgan fingerprint density at radius 2 is 2.12 bits per heavy atom. The second kappa shape index (κ2) is 10.5. The molecule has 0 aliphatic carbocycles. The van der Waals surface area contributed by atoms with Gasteiger partial charge in [-0.15, -0.1) is 0 Å². The van der Waals surface area contributed by atoms with Crippen LogP contribution in [0.1, 0.15) is 40.7 Å². The Kier molecular flexibility index (Phi) is 7.30. The monoisotopic (exact) mass is 470 g/mol. The van der Waals surface area contributed by atoms with Gasteiger partial charge in [-0.2, -0.15) is 9.97 Å². The number of aliphatic hydroxyl groups is 1. The first-order valence-electron chi connectivity index (χ1n) is 10.8. The van der Waals surface area contributed by atoms with Crippen LogP contribution in [0.4, 0.5) is 16.9 Å². The van der Waals surface area contributed by atoms with E-state index in [0.717, 1.165) is 5.56 Å². The van der Waals surface area contributed by atoms with Crippen LogP contribution >= 0.6 is 11.3 Å². The number of carbonyl (C=O) groups excluding carboxylic acids is 1. The van der Waals surface area contributed by atoms with Gasteiger partial charge in [0.05, 0.1) is 18.4 Å². The van der Waals surface area contributed by atoms with Gasteiger partial charge >= 0.3 is 5.97 Å². The van der Waals surface area contributed by atoms with E-state index in [4.69, 9.17) is 9.47 Å². The molecule has 11 heteroatoms. The van der Waals surface area contributed by atoms with E-state index in [0.29, 0.717) is 72.5 Å². The van der Waals surface area contributed by atoms with Crippen molar-refractivity contribution in [1.82, 2.24) is 19.9 Å². The summed E-state index contributed by atoms with van der Waals surface area (Å²) in [4.78, 5) is 32.3. The van der Waals surface area contributed by atoms with Crippen molar-refractivity contribution in [2.75, 3.05) is 29.9 Å². The molecule has 0 bridgehead atoms. The third-order valence-electron chi connectivity index (χ3n) is 5.06. The summed E-state index contributed by atoms with van der Waals surface area (Å²) in [5.74, 6) is 1.00. The smallest absolute Gasteiger partial charge is 0.350 e. The summed E-state index contributed by atoms with van der Waals surface area (Å²) in [6.07, 6.45) is 4.50. The summed E-state index contributed by atoms with van der Waals surface area (Å²) in [6, 6.07) is 5.56. The fraction of sp³-hybridized carbons (Fsp3) is 0.409. The van der Waals surface area contributed by atoms with Crippen LogP contribution < -0.4 is 15.0 Å². The minimum absolute atomic E-state index is 0.290. The molecule has 1 aliphatic rings. The Hall–Kier alpha value is -3.31. The number of carbonyl (C=O) groups is 1. The van der Waals surface area contributed by atoms with Crippen molar-refractivity contribution in [1.29, 1.82) is 0 Å². The number of ether oxygens (including phenoxy) is 2. The summed E-state index contributed by atoms with van der Waals surface area (Å²) >= 11 is 1.19. The molecule has 0 spiro atoms. The minimum atomic E-state index is -0.400. The number of rotatable bonds is 8. The van der Waals surface area contributed by atoms with Gasteiger partial charge < -0.3 is 19.5 Å². The van der Waals surface area contributed by atoms with Crippen molar-refractivity contribution in [3.8, 4) is 5.88 Å². The predicted octanol–water partition coefficient (Wildman–Crippen LogP) is 3.10. The molecule has 0 atom stereocenters. The molecule has 33 heavy (non-hydrogen) atoms. The highest BCUT2D eigenvalue weighted by Crippen LogP contribution is 2.28. The van der Waals surface area contributed by atoms with E-state index in [1.165, 1.54) is 11.3 Å². The van der Waals surface area contributed by atoms with Crippen LogP contribution in [0.15, 0.2) is 30.6 Å². The Morgan fingerprint density at radius 3 is 2.85 bits per heavy atom. The number of thiazole rings is 1. The molecule has 2 N–H and O–H groups in total. The van der Waals surface area contributed by atoms with Crippen LogP contribution in [-0.4, -0.2) is 56.8 Å². The van der Waals surface area contributed by atoms with Crippen LogP contribution in [0.5, 0.6) is 5.88 Å². The summed E-state index contributed by atoms with van der Waals surface area (Å²) in [5, 5.41) is 13.4. The Bertz CT molecular complexity index is 1090. The topological polar surface area (TPSA) is 123 Å². The third-order valence-corrected chi connectivity index (χ3v) is 6.12. The molecule has 3 aromatic rings. The van der Waals surface area contributed by atoms with Gasteiger partial charge in [0.2, 0.25) is 11.8 Å². The molecule has 3 aromatic heterocycles. The number of anilines is 3. The number of piperidine rings is 1. The van der Waals surface area contributed by atoms with Gasteiger partial charge in [0.25, 0.3) is 0 Å². The average Bonchev–Trinajstić information content (AvgIpc) is 3.19. The number of pyridine rings is 1. The van der Waals surface area contributed by atoms with Crippen LogP contribution in [0.3, 0.4) is 0 Å². The molecule has 10 nitrogen and oxygen atoms in total. The maximum absolute atomic E-state index is 12.1. The normalized spacial score (nSPS) is 14.2. The summed E-state index contributed by atoms with van der Waals surface area (Å²) < 4.78 is 11.0. The molecule has 0 saturated carbocycles. The van der Waals surface area contributed by atoms with Gasteiger partial charge in [-0.3, -0.25) is 10.3 Å². The van der Waals surface area contributed by atoms with E-state index in [1.807, 2.05) is 12.1 Å². The highest BCUT2D eigenvalue weighted by molar-refractivity contribution is 7.17. The Balaban J connectivity index is 1.57. The second-order valence-electron chi connectivity index (χ2n) is 7.54. The molecule has 0 aromatic carbocycles. The number of nitrogens with zero attached hydrogens (tertiary/aromatic N) is 5. The zero-order valence-corrected chi connectivity index (χ0v) is 19.3. The first-order chi connectivity index (χ1) is 16.0. The van der Waals surface area contributed by atoms with Crippen molar-refractivity contribution >= 4 is 34.2 Å². The number of aromatic nitrogens is 4. The summed E-state index contributed by atoms with van der Waals surface area (Å²) in [6.45, 7) is 5.50. The summed E-state index contributed by atoms with van der Waals surface area (Å²) in [5.41, 5.74) is 1.50. The van der Waals surface area contributed by atoms with Crippen LogP contribution in [0, 0.1) is 6.92 Å². The van der Waals surface area contributed by atoms with E-state index < -0.39 is 5.97 Å². The minimum Gasteiger partial charge on any atom is -0.473 e. The third kappa shape index (κ3) is 5.93. The van der Waals surface area contributed by atoms with Gasteiger partial charge in [-0.05, 0) is 32.8 Å². The first-order valence-corrected chi connectivity index (χ1v) is 11.6. The fourth-order valence-corrected chi connectivity index (χ4v) is 4.23. The molecule has 1 fully saturated rings. The quantitative estimate of drug-likeness (QED) is 0.475. The molecule has 174 valence electrons. The zero-order chi connectivity index (χ0) is 23.2. The molecule has 4 heterocycles. The molecule has 0 amide bonds.